The van der Waals surface area contributed by atoms with Crippen molar-refractivity contribution in [3.05, 3.63) is 70.5 Å². The fraction of sp³-hybridized carbons (Fsp3) is 0.182. The summed E-state index contributed by atoms with van der Waals surface area (Å²) in [4.78, 5) is 13.0. The van der Waals surface area contributed by atoms with Gasteiger partial charge in [-0.15, -0.1) is 11.8 Å². The molecule has 6 nitrogen and oxygen atoms in total. The van der Waals surface area contributed by atoms with Crippen molar-refractivity contribution in [3.8, 4) is 17.2 Å². The highest BCUT2D eigenvalue weighted by atomic mass is 35.5. The highest BCUT2D eigenvalue weighted by molar-refractivity contribution is 8.00. The molecule has 1 aliphatic rings. The molecule has 1 N–H and O–H groups in total. The SMILES string of the molecule is Cc1cc(/C=N\NC(=O)CSc2ccc(Cl)cc2)c(C)n1-c1ccc2c(c1)OCO2. The van der Waals surface area contributed by atoms with Crippen LogP contribution in [0.25, 0.3) is 5.69 Å². The first-order valence-electron chi connectivity index (χ1n) is 9.30. The lowest BCUT2D eigenvalue weighted by molar-refractivity contribution is -0.118. The molecule has 3 aromatic rings. The van der Waals surface area contributed by atoms with Gasteiger partial charge in [-0.05, 0) is 56.3 Å². The molecule has 0 unspecified atom stereocenters. The van der Waals surface area contributed by atoms with Gasteiger partial charge in [-0.2, -0.15) is 5.10 Å². The zero-order valence-electron chi connectivity index (χ0n) is 16.5. The standard InChI is InChI=1S/C22H20ClN3O3S/c1-14-9-16(11-24-25-22(27)12-30-19-6-3-17(23)4-7-19)15(2)26(14)18-5-8-20-21(10-18)29-13-28-20/h3-11H,12-13H2,1-2H3,(H,25,27)/b24-11-. The number of carbonyl (C=O) groups excluding carboxylic acids is 1. The Hall–Kier alpha value is -2.90. The number of carbonyl (C=O) groups is 1. The van der Waals surface area contributed by atoms with Gasteiger partial charge in [0.25, 0.3) is 0 Å². The first-order valence-corrected chi connectivity index (χ1v) is 10.7. The second-order valence-electron chi connectivity index (χ2n) is 6.74. The molecule has 1 amide bonds. The van der Waals surface area contributed by atoms with Crippen LogP contribution < -0.4 is 14.9 Å². The van der Waals surface area contributed by atoms with E-state index in [0.717, 1.165) is 39.0 Å². The summed E-state index contributed by atoms with van der Waals surface area (Å²) in [6.45, 7) is 4.28. The molecule has 1 aliphatic heterocycles. The maximum absolute atomic E-state index is 12.1. The fourth-order valence-electron chi connectivity index (χ4n) is 3.23. The summed E-state index contributed by atoms with van der Waals surface area (Å²) in [5.74, 6) is 1.59. The summed E-state index contributed by atoms with van der Waals surface area (Å²) < 4.78 is 13.0. The van der Waals surface area contributed by atoms with Crippen molar-refractivity contribution >= 4 is 35.5 Å². The Balaban J connectivity index is 1.40. The number of hydrazone groups is 1. The van der Waals surface area contributed by atoms with Crippen LogP contribution in [0, 0.1) is 13.8 Å². The fourth-order valence-corrected chi connectivity index (χ4v) is 4.04. The lowest BCUT2D eigenvalue weighted by atomic mass is 10.2. The van der Waals surface area contributed by atoms with Crippen LogP contribution in [0.5, 0.6) is 11.5 Å². The van der Waals surface area contributed by atoms with Gasteiger partial charge in [0, 0.05) is 38.6 Å². The monoisotopic (exact) mass is 441 g/mol. The van der Waals surface area contributed by atoms with Gasteiger partial charge < -0.3 is 14.0 Å². The first kappa shape index (κ1) is 20.4. The molecule has 0 fully saturated rings. The molecule has 0 radical (unpaired) electrons. The lowest BCUT2D eigenvalue weighted by Gasteiger charge is -2.10. The molecule has 0 atom stereocenters. The molecule has 2 heterocycles. The summed E-state index contributed by atoms with van der Waals surface area (Å²) in [6.07, 6.45) is 1.66. The minimum Gasteiger partial charge on any atom is -0.454 e. The first-order chi connectivity index (χ1) is 14.5. The van der Waals surface area contributed by atoms with Crippen LogP contribution in [0.4, 0.5) is 0 Å². The van der Waals surface area contributed by atoms with E-state index >= 15 is 0 Å². The molecule has 154 valence electrons. The largest absolute Gasteiger partial charge is 0.454 e. The van der Waals surface area contributed by atoms with E-state index in [1.165, 1.54) is 11.8 Å². The third-order valence-corrected chi connectivity index (χ3v) is 5.93. The Morgan fingerprint density at radius 2 is 1.93 bits per heavy atom. The molecule has 1 aromatic heterocycles. The van der Waals surface area contributed by atoms with E-state index in [9.17, 15) is 4.79 Å². The number of nitrogens with one attached hydrogen (secondary N) is 1. The molecule has 30 heavy (non-hydrogen) atoms. The summed E-state index contributed by atoms with van der Waals surface area (Å²) in [7, 11) is 0. The van der Waals surface area contributed by atoms with Gasteiger partial charge in [0.2, 0.25) is 12.7 Å². The maximum atomic E-state index is 12.1. The molecule has 2 aromatic carbocycles. The Morgan fingerprint density at radius 3 is 2.73 bits per heavy atom. The van der Waals surface area contributed by atoms with Crippen molar-refractivity contribution in [1.29, 1.82) is 0 Å². The number of ether oxygens (including phenoxy) is 2. The van der Waals surface area contributed by atoms with Gasteiger partial charge in [0.05, 0.1) is 12.0 Å². The van der Waals surface area contributed by atoms with Crippen molar-refractivity contribution in [2.45, 2.75) is 18.7 Å². The van der Waals surface area contributed by atoms with Crippen LogP contribution in [-0.2, 0) is 4.79 Å². The van der Waals surface area contributed by atoms with Gasteiger partial charge in [0.1, 0.15) is 0 Å². The van der Waals surface area contributed by atoms with Crippen molar-refractivity contribution in [2.24, 2.45) is 5.10 Å². The van der Waals surface area contributed by atoms with Crippen LogP contribution in [-0.4, -0.2) is 29.2 Å². The number of amides is 1. The van der Waals surface area contributed by atoms with Crippen molar-refractivity contribution in [3.63, 3.8) is 0 Å². The number of thioether (sulfide) groups is 1. The van der Waals surface area contributed by atoms with E-state index < -0.39 is 0 Å². The average molecular weight is 442 g/mol. The number of fused-ring (bicyclic) bond motifs is 1. The molecular weight excluding hydrogens is 422 g/mol. The van der Waals surface area contributed by atoms with E-state index in [1.807, 2.05) is 50.2 Å². The van der Waals surface area contributed by atoms with Crippen LogP contribution in [0.1, 0.15) is 17.0 Å². The number of halogens is 1. The summed E-state index contributed by atoms with van der Waals surface area (Å²) in [5.41, 5.74) is 6.56. The van der Waals surface area contributed by atoms with Gasteiger partial charge in [-0.25, -0.2) is 5.43 Å². The van der Waals surface area contributed by atoms with Gasteiger partial charge in [-0.3, -0.25) is 4.79 Å². The van der Waals surface area contributed by atoms with E-state index in [2.05, 4.69) is 15.1 Å². The Labute approximate surface area is 183 Å². The summed E-state index contributed by atoms with van der Waals surface area (Å²) in [5, 5.41) is 4.79. The smallest absolute Gasteiger partial charge is 0.250 e. The summed E-state index contributed by atoms with van der Waals surface area (Å²) >= 11 is 7.30. The van der Waals surface area contributed by atoms with E-state index in [1.54, 1.807) is 18.3 Å². The number of aromatic nitrogens is 1. The number of nitrogens with zero attached hydrogens (tertiary/aromatic N) is 2. The average Bonchev–Trinajstić information content (AvgIpc) is 3.31. The predicted octanol–water partition coefficient (Wildman–Crippen LogP) is 4.72. The minimum atomic E-state index is -0.171. The predicted molar refractivity (Wildman–Crippen MR) is 119 cm³/mol. The lowest BCUT2D eigenvalue weighted by Crippen LogP contribution is -2.19. The van der Waals surface area contributed by atoms with Gasteiger partial charge in [0.15, 0.2) is 11.5 Å². The zero-order valence-corrected chi connectivity index (χ0v) is 18.1. The molecular formula is C22H20ClN3O3S. The highest BCUT2D eigenvalue weighted by Crippen LogP contribution is 2.34. The molecule has 0 aliphatic carbocycles. The topological polar surface area (TPSA) is 64.9 Å². The van der Waals surface area contributed by atoms with E-state index in [4.69, 9.17) is 21.1 Å². The van der Waals surface area contributed by atoms with Crippen LogP contribution in [0.15, 0.2) is 58.5 Å². The number of benzene rings is 2. The van der Waals surface area contributed by atoms with Gasteiger partial charge in [-0.1, -0.05) is 11.6 Å². The highest BCUT2D eigenvalue weighted by Gasteiger charge is 2.16. The number of rotatable bonds is 6. The van der Waals surface area contributed by atoms with E-state index in [0.29, 0.717) is 5.02 Å². The number of hydrogen-bond donors (Lipinski definition) is 1. The van der Waals surface area contributed by atoms with Gasteiger partial charge >= 0.3 is 0 Å². The maximum Gasteiger partial charge on any atom is 0.250 e. The van der Waals surface area contributed by atoms with E-state index in [-0.39, 0.29) is 18.5 Å². The van der Waals surface area contributed by atoms with Crippen molar-refractivity contribution in [1.82, 2.24) is 9.99 Å². The zero-order chi connectivity index (χ0) is 21.1. The molecule has 4 rings (SSSR count). The van der Waals surface area contributed by atoms with Crippen LogP contribution >= 0.6 is 23.4 Å². The molecule has 0 saturated carbocycles. The number of aryl methyl sites for hydroxylation is 1. The quantitative estimate of drug-likeness (QED) is 0.341. The third-order valence-electron chi connectivity index (χ3n) is 4.66. The third kappa shape index (κ3) is 4.47. The molecule has 0 saturated heterocycles. The Bertz CT molecular complexity index is 1110. The molecule has 8 heteroatoms. The number of hydrogen-bond acceptors (Lipinski definition) is 5. The molecule has 0 bridgehead atoms. The van der Waals surface area contributed by atoms with Crippen molar-refractivity contribution < 1.29 is 14.3 Å². The summed E-state index contributed by atoms with van der Waals surface area (Å²) in [6, 6.07) is 15.2. The minimum absolute atomic E-state index is 0.171. The Morgan fingerprint density at radius 1 is 1.17 bits per heavy atom. The normalized spacial score (nSPS) is 12.5. The van der Waals surface area contributed by atoms with Crippen LogP contribution in [0.3, 0.4) is 0 Å². The second-order valence-corrected chi connectivity index (χ2v) is 8.22. The van der Waals surface area contributed by atoms with Crippen molar-refractivity contribution in [2.75, 3.05) is 12.5 Å². The Kier molecular flexibility index (Phi) is 6.01. The molecule has 0 spiro atoms. The van der Waals surface area contributed by atoms with Crippen LogP contribution in [0.2, 0.25) is 5.02 Å². The second kappa shape index (κ2) is 8.85.